The summed E-state index contributed by atoms with van der Waals surface area (Å²) in [6, 6.07) is 12.2. The van der Waals surface area contributed by atoms with Gasteiger partial charge in [-0.15, -0.1) is 0 Å². The van der Waals surface area contributed by atoms with E-state index in [-0.39, 0.29) is 17.5 Å². The second-order valence-corrected chi connectivity index (χ2v) is 6.62. The van der Waals surface area contributed by atoms with E-state index in [1.165, 1.54) is 6.26 Å². The van der Waals surface area contributed by atoms with Gasteiger partial charge < -0.3 is 19.6 Å². The van der Waals surface area contributed by atoms with Crippen LogP contribution in [0.5, 0.6) is 0 Å². The molecule has 0 unspecified atom stereocenters. The number of aromatic amines is 1. The number of benzene rings is 1. The number of carbonyl (C=O) groups is 2. The number of rotatable bonds is 3. The molecule has 1 saturated heterocycles. The molecular formula is C20H19N3O4. The van der Waals surface area contributed by atoms with Crippen molar-refractivity contribution in [2.45, 2.75) is 18.9 Å². The largest absolute Gasteiger partial charge is 0.459 e. The summed E-state index contributed by atoms with van der Waals surface area (Å²) in [7, 11) is 0. The van der Waals surface area contributed by atoms with E-state index in [2.05, 4.69) is 10.3 Å². The molecule has 0 bridgehead atoms. The monoisotopic (exact) mass is 365 g/mol. The zero-order valence-electron chi connectivity index (χ0n) is 14.6. The Labute approximate surface area is 155 Å². The van der Waals surface area contributed by atoms with Gasteiger partial charge in [-0.25, -0.2) is 0 Å². The first-order valence-corrected chi connectivity index (χ1v) is 8.87. The summed E-state index contributed by atoms with van der Waals surface area (Å²) in [5, 5.41) is 3.72. The number of piperidine rings is 1. The summed E-state index contributed by atoms with van der Waals surface area (Å²) in [5.41, 5.74) is 0.392. The van der Waals surface area contributed by atoms with Gasteiger partial charge >= 0.3 is 0 Å². The lowest BCUT2D eigenvalue weighted by atomic mass is 10.0. The van der Waals surface area contributed by atoms with E-state index in [4.69, 9.17) is 4.42 Å². The number of hydrogen-bond acceptors (Lipinski definition) is 4. The fraction of sp³-hybridized carbons (Fsp3) is 0.250. The third kappa shape index (κ3) is 3.48. The van der Waals surface area contributed by atoms with Crippen LogP contribution in [0.4, 0.5) is 0 Å². The number of fused-ring (bicyclic) bond motifs is 1. The van der Waals surface area contributed by atoms with E-state index < -0.39 is 11.5 Å². The van der Waals surface area contributed by atoms with Gasteiger partial charge in [0.2, 0.25) is 0 Å². The Hall–Kier alpha value is -3.35. The summed E-state index contributed by atoms with van der Waals surface area (Å²) < 4.78 is 5.15. The van der Waals surface area contributed by atoms with Gasteiger partial charge in [0.05, 0.1) is 6.26 Å². The molecule has 1 fully saturated rings. The van der Waals surface area contributed by atoms with Crippen molar-refractivity contribution in [3.05, 3.63) is 70.4 Å². The van der Waals surface area contributed by atoms with Crippen molar-refractivity contribution in [2.24, 2.45) is 0 Å². The fourth-order valence-electron chi connectivity index (χ4n) is 3.36. The molecule has 1 aliphatic heterocycles. The first-order chi connectivity index (χ1) is 13.1. The summed E-state index contributed by atoms with van der Waals surface area (Å²) in [6.45, 7) is 1.05. The van der Waals surface area contributed by atoms with Gasteiger partial charge in [0, 0.05) is 24.6 Å². The molecule has 7 heteroatoms. The first kappa shape index (κ1) is 17.1. The summed E-state index contributed by atoms with van der Waals surface area (Å²) in [4.78, 5) is 41.5. The molecule has 138 valence electrons. The van der Waals surface area contributed by atoms with Gasteiger partial charge in [0.25, 0.3) is 17.4 Å². The molecule has 3 heterocycles. The second-order valence-electron chi connectivity index (χ2n) is 6.62. The number of amides is 2. The van der Waals surface area contributed by atoms with Crippen LogP contribution in [0.25, 0.3) is 10.9 Å². The van der Waals surface area contributed by atoms with E-state index in [1.54, 1.807) is 29.2 Å². The molecule has 2 amide bonds. The molecule has 1 aromatic carbocycles. The van der Waals surface area contributed by atoms with Crippen LogP contribution in [0.1, 0.15) is 33.8 Å². The lowest BCUT2D eigenvalue weighted by Crippen LogP contribution is -2.47. The van der Waals surface area contributed by atoms with Crippen LogP contribution in [-0.2, 0) is 0 Å². The Morgan fingerprint density at radius 1 is 1.11 bits per heavy atom. The van der Waals surface area contributed by atoms with E-state index in [1.807, 2.05) is 18.2 Å². The lowest BCUT2D eigenvalue weighted by molar-refractivity contribution is 0.0667. The van der Waals surface area contributed by atoms with Crippen molar-refractivity contribution < 1.29 is 14.0 Å². The van der Waals surface area contributed by atoms with Crippen LogP contribution in [0.2, 0.25) is 0 Å². The molecule has 0 saturated carbocycles. The van der Waals surface area contributed by atoms with Gasteiger partial charge in [-0.3, -0.25) is 14.4 Å². The SMILES string of the molecule is O=C(NC1CCN(C(=O)c2ccco2)CC1)c1cc2ccccc2[nH]c1=O. The number of para-hydroxylation sites is 1. The predicted octanol–water partition coefficient (Wildman–Crippen LogP) is 2.16. The van der Waals surface area contributed by atoms with E-state index >= 15 is 0 Å². The summed E-state index contributed by atoms with van der Waals surface area (Å²) in [6.07, 6.45) is 2.73. The van der Waals surface area contributed by atoms with Crippen LogP contribution in [0.3, 0.4) is 0 Å². The number of hydrogen-bond donors (Lipinski definition) is 2. The van der Waals surface area contributed by atoms with Gasteiger partial charge in [-0.05, 0) is 42.5 Å². The number of nitrogens with zero attached hydrogens (tertiary/aromatic N) is 1. The van der Waals surface area contributed by atoms with Gasteiger partial charge in [0.15, 0.2) is 5.76 Å². The van der Waals surface area contributed by atoms with Crippen molar-refractivity contribution in [1.29, 1.82) is 0 Å². The Bertz CT molecular complexity index is 1030. The molecule has 27 heavy (non-hydrogen) atoms. The second kappa shape index (κ2) is 7.11. The highest BCUT2D eigenvalue weighted by molar-refractivity contribution is 5.97. The number of pyridine rings is 1. The summed E-state index contributed by atoms with van der Waals surface area (Å²) in [5.74, 6) is -0.214. The number of likely N-dealkylation sites (tertiary alicyclic amines) is 1. The van der Waals surface area contributed by atoms with Crippen molar-refractivity contribution in [2.75, 3.05) is 13.1 Å². The predicted molar refractivity (Wildman–Crippen MR) is 99.7 cm³/mol. The Kier molecular flexibility index (Phi) is 4.50. The minimum Gasteiger partial charge on any atom is -0.459 e. The molecular weight excluding hydrogens is 346 g/mol. The lowest BCUT2D eigenvalue weighted by Gasteiger charge is -2.31. The fourth-order valence-corrected chi connectivity index (χ4v) is 3.36. The number of aromatic nitrogens is 1. The maximum Gasteiger partial charge on any atom is 0.289 e. The smallest absolute Gasteiger partial charge is 0.289 e. The Morgan fingerprint density at radius 3 is 2.63 bits per heavy atom. The number of carbonyl (C=O) groups excluding carboxylic acids is 2. The van der Waals surface area contributed by atoms with Crippen LogP contribution >= 0.6 is 0 Å². The van der Waals surface area contributed by atoms with E-state index in [0.717, 1.165) is 5.39 Å². The molecule has 7 nitrogen and oxygen atoms in total. The molecule has 0 aliphatic carbocycles. The zero-order valence-corrected chi connectivity index (χ0v) is 14.6. The maximum absolute atomic E-state index is 12.6. The number of nitrogens with one attached hydrogen (secondary N) is 2. The van der Waals surface area contributed by atoms with Crippen LogP contribution in [0, 0.1) is 0 Å². The van der Waals surface area contributed by atoms with Gasteiger partial charge in [-0.2, -0.15) is 0 Å². The third-order valence-electron chi connectivity index (χ3n) is 4.85. The van der Waals surface area contributed by atoms with Crippen molar-refractivity contribution >= 4 is 22.7 Å². The quantitative estimate of drug-likeness (QED) is 0.743. The normalized spacial score (nSPS) is 15.0. The first-order valence-electron chi connectivity index (χ1n) is 8.87. The molecule has 0 spiro atoms. The average molecular weight is 365 g/mol. The molecule has 2 N–H and O–H groups in total. The van der Waals surface area contributed by atoms with Crippen LogP contribution in [-0.4, -0.2) is 40.8 Å². The third-order valence-corrected chi connectivity index (χ3v) is 4.85. The molecule has 0 atom stereocenters. The molecule has 2 aromatic heterocycles. The molecule has 3 aromatic rings. The highest BCUT2D eigenvalue weighted by Gasteiger charge is 2.26. The maximum atomic E-state index is 12.6. The minimum absolute atomic E-state index is 0.0796. The summed E-state index contributed by atoms with van der Waals surface area (Å²) >= 11 is 0. The zero-order chi connectivity index (χ0) is 18.8. The number of furan rings is 1. The van der Waals surface area contributed by atoms with Crippen molar-refractivity contribution in [3.8, 4) is 0 Å². The molecule has 4 rings (SSSR count). The Morgan fingerprint density at radius 2 is 1.89 bits per heavy atom. The highest BCUT2D eigenvalue weighted by Crippen LogP contribution is 2.15. The van der Waals surface area contributed by atoms with E-state index in [9.17, 15) is 14.4 Å². The molecule has 0 radical (unpaired) electrons. The van der Waals surface area contributed by atoms with Crippen LogP contribution in [0.15, 0.2) is 57.9 Å². The van der Waals surface area contributed by atoms with Crippen molar-refractivity contribution in [1.82, 2.24) is 15.2 Å². The van der Waals surface area contributed by atoms with E-state index in [0.29, 0.717) is 37.2 Å². The van der Waals surface area contributed by atoms with Gasteiger partial charge in [0.1, 0.15) is 5.56 Å². The average Bonchev–Trinajstić information content (AvgIpc) is 3.22. The van der Waals surface area contributed by atoms with Gasteiger partial charge in [-0.1, -0.05) is 18.2 Å². The molecule has 1 aliphatic rings. The van der Waals surface area contributed by atoms with Crippen LogP contribution < -0.4 is 10.9 Å². The topological polar surface area (TPSA) is 95.4 Å². The number of H-pyrrole nitrogens is 1. The highest BCUT2D eigenvalue weighted by atomic mass is 16.3. The minimum atomic E-state index is -0.406. The standard InChI is InChI=1S/C20H19N3O4/c24-18(15-12-13-4-1-2-5-16(13)22-19(15)25)21-14-7-9-23(10-8-14)20(26)17-6-3-11-27-17/h1-6,11-12,14H,7-10H2,(H,21,24)(H,22,25). The Balaban J connectivity index is 1.40. The van der Waals surface area contributed by atoms with Crippen molar-refractivity contribution in [3.63, 3.8) is 0 Å².